The first kappa shape index (κ1) is 17.7. The maximum absolute atomic E-state index is 5.53. The highest BCUT2D eigenvalue weighted by Crippen LogP contribution is 2.38. The summed E-state index contributed by atoms with van der Waals surface area (Å²) in [6, 6.07) is 16.1. The molecule has 0 saturated heterocycles. The van der Waals surface area contributed by atoms with Crippen LogP contribution in [0.3, 0.4) is 0 Å². The predicted molar refractivity (Wildman–Crippen MR) is 106 cm³/mol. The molecule has 4 heteroatoms. The molecule has 0 bridgehead atoms. The Morgan fingerprint density at radius 3 is 1.73 bits per heavy atom. The SMILES string of the molecule is COc1cc(C=Cc2cc(OC)c3ccccc3c2)cc(OC)c1OC. The number of fused-ring (bicyclic) bond motifs is 1. The van der Waals surface area contributed by atoms with Gasteiger partial charge in [0.2, 0.25) is 5.75 Å². The molecule has 134 valence electrons. The maximum atomic E-state index is 5.53. The molecule has 0 aliphatic rings. The minimum absolute atomic E-state index is 0.583. The van der Waals surface area contributed by atoms with E-state index in [4.69, 9.17) is 18.9 Å². The van der Waals surface area contributed by atoms with E-state index in [9.17, 15) is 0 Å². The van der Waals surface area contributed by atoms with Gasteiger partial charge >= 0.3 is 0 Å². The lowest BCUT2D eigenvalue weighted by atomic mass is 10.0. The average molecular weight is 350 g/mol. The van der Waals surface area contributed by atoms with Crippen molar-refractivity contribution in [3.8, 4) is 23.0 Å². The molecule has 3 aromatic rings. The minimum Gasteiger partial charge on any atom is -0.496 e. The molecule has 26 heavy (non-hydrogen) atoms. The van der Waals surface area contributed by atoms with Gasteiger partial charge in [-0.15, -0.1) is 0 Å². The van der Waals surface area contributed by atoms with E-state index in [0.717, 1.165) is 27.6 Å². The topological polar surface area (TPSA) is 36.9 Å². The Labute approximate surface area is 153 Å². The molecule has 0 radical (unpaired) electrons. The van der Waals surface area contributed by atoms with Crippen LogP contribution in [0.2, 0.25) is 0 Å². The molecule has 0 unspecified atom stereocenters. The molecule has 0 N–H and O–H groups in total. The highest BCUT2D eigenvalue weighted by molar-refractivity contribution is 5.91. The van der Waals surface area contributed by atoms with Crippen LogP contribution in [0, 0.1) is 0 Å². The van der Waals surface area contributed by atoms with Crippen LogP contribution in [0.25, 0.3) is 22.9 Å². The fraction of sp³-hybridized carbons (Fsp3) is 0.182. The molecular weight excluding hydrogens is 328 g/mol. The van der Waals surface area contributed by atoms with Crippen LogP contribution in [0.4, 0.5) is 0 Å². The van der Waals surface area contributed by atoms with E-state index in [-0.39, 0.29) is 0 Å². The molecule has 0 atom stereocenters. The van der Waals surface area contributed by atoms with Gasteiger partial charge in [0.1, 0.15) is 5.75 Å². The van der Waals surface area contributed by atoms with Gasteiger partial charge in [-0.05, 0) is 40.8 Å². The summed E-state index contributed by atoms with van der Waals surface area (Å²) in [5.41, 5.74) is 2.00. The van der Waals surface area contributed by atoms with Crippen LogP contribution in [0.1, 0.15) is 11.1 Å². The normalized spacial score (nSPS) is 10.9. The molecule has 0 fully saturated rings. The highest BCUT2D eigenvalue weighted by atomic mass is 16.5. The summed E-state index contributed by atoms with van der Waals surface area (Å²) in [6.45, 7) is 0. The van der Waals surface area contributed by atoms with E-state index < -0.39 is 0 Å². The maximum Gasteiger partial charge on any atom is 0.203 e. The first-order valence-corrected chi connectivity index (χ1v) is 8.25. The lowest BCUT2D eigenvalue weighted by Gasteiger charge is -2.13. The van der Waals surface area contributed by atoms with Gasteiger partial charge in [-0.25, -0.2) is 0 Å². The fourth-order valence-corrected chi connectivity index (χ4v) is 2.95. The molecule has 0 aliphatic heterocycles. The third-order valence-electron chi connectivity index (χ3n) is 4.22. The van der Waals surface area contributed by atoms with Crippen molar-refractivity contribution < 1.29 is 18.9 Å². The van der Waals surface area contributed by atoms with Gasteiger partial charge in [-0.3, -0.25) is 0 Å². The number of rotatable bonds is 6. The molecule has 0 saturated carbocycles. The molecule has 0 aromatic heterocycles. The number of hydrogen-bond acceptors (Lipinski definition) is 4. The third kappa shape index (κ3) is 3.45. The van der Waals surface area contributed by atoms with Crippen molar-refractivity contribution in [3.05, 3.63) is 59.7 Å². The first-order chi connectivity index (χ1) is 12.7. The molecule has 0 heterocycles. The van der Waals surface area contributed by atoms with E-state index in [2.05, 4.69) is 18.2 Å². The minimum atomic E-state index is 0.583. The van der Waals surface area contributed by atoms with Crippen molar-refractivity contribution in [2.24, 2.45) is 0 Å². The molecule has 4 nitrogen and oxygen atoms in total. The second kappa shape index (κ2) is 7.83. The number of methoxy groups -OCH3 is 4. The molecule has 0 amide bonds. The standard InChI is InChI=1S/C22H22O4/c1-23-19-12-15(11-17-7-5-6-8-18(17)19)9-10-16-13-20(24-2)22(26-4)21(14-16)25-3/h5-14H,1-4H3. The van der Waals surface area contributed by atoms with E-state index in [1.807, 2.05) is 42.5 Å². The van der Waals surface area contributed by atoms with Gasteiger partial charge in [-0.1, -0.05) is 36.4 Å². The van der Waals surface area contributed by atoms with E-state index in [1.165, 1.54) is 0 Å². The van der Waals surface area contributed by atoms with Crippen LogP contribution >= 0.6 is 0 Å². The van der Waals surface area contributed by atoms with Crippen molar-refractivity contribution in [2.75, 3.05) is 28.4 Å². The summed E-state index contributed by atoms with van der Waals surface area (Å²) in [5, 5.41) is 2.23. The van der Waals surface area contributed by atoms with E-state index in [1.54, 1.807) is 28.4 Å². The zero-order valence-electron chi connectivity index (χ0n) is 15.4. The van der Waals surface area contributed by atoms with Crippen molar-refractivity contribution in [3.63, 3.8) is 0 Å². The lowest BCUT2D eigenvalue weighted by molar-refractivity contribution is 0.324. The van der Waals surface area contributed by atoms with Gasteiger partial charge in [0.25, 0.3) is 0 Å². The molecule has 0 aliphatic carbocycles. The second-order valence-electron chi connectivity index (χ2n) is 5.74. The summed E-state index contributed by atoms with van der Waals surface area (Å²) in [7, 11) is 6.50. The molecule has 3 aromatic carbocycles. The Hall–Kier alpha value is -3.14. The Balaban J connectivity index is 2.01. The van der Waals surface area contributed by atoms with Gasteiger partial charge < -0.3 is 18.9 Å². The van der Waals surface area contributed by atoms with Crippen molar-refractivity contribution in [1.29, 1.82) is 0 Å². The predicted octanol–water partition coefficient (Wildman–Crippen LogP) is 5.04. The molecular formula is C22H22O4. The fourth-order valence-electron chi connectivity index (χ4n) is 2.95. The van der Waals surface area contributed by atoms with Crippen LogP contribution in [0.15, 0.2) is 48.5 Å². The highest BCUT2D eigenvalue weighted by Gasteiger charge is 2.12. The van der Waals surface area contributed by atoms with Crippen LogP contribution in [0.5, 0.6) is 23.0 Å². The quantitative estimate of drug-likeness (QED) is 0.583. The summed E-state index contributed by atoms with van der Waals surface area (Å²) < 4.78 is 21.7. The van der Waals surface area contributed by atoms with Gasteiger partial charge in [-0.2, -0.15) is 0 Å². The van der Waals surface area contributed by atoms with Gasteiger partial charge in [0.05, 0.1) is 28.4 Å². The summed E-state index contributed by atoms with van der Waals surface area (Å²) in [4.78, 5) is 0. The number of benzene rings is 3. The Morgan fingerprint density at radius 1 is 0.615 bits per heavy atom. The Morgan fingerprint density at radius 2 is 1.15 bits per heavy atom. The van der Waals surface area contributed by atoms with Crippen molar-refractivity contribution in [1.82, 2.24) is 0 Å². The van der Waals surface area contributed by atoms with Crippen LogP contribution < -0.4 is 18.9 Å². The van der Waals surface area contributed by atoms with Crippen LogP contribution in [-0.2, 0) is 0 Å². The largest absolute Gasteiger partial charge is 0.496 e. The zero-order valence-corrected chi connectivity index (χ0v) is 15.4. The molecule has 0 spiro atoms. The zero-order chi connectivity index (χ0) is 18.5. The van der Waals surface area contributed by atoms with E-state index >= 15 is 0 Å². The first-order valence-electron chi connectivity index (χ1n) is 8.25. The van der Waals surface area contributed by atoms with Crippen molar-refractivity contribution >= 4 is 22.9 Å². The summed E-state index contributed by atoms with van der Waals surface area (Å²) >= 11 is 0. The third-order valence-corrected chi connectivity index (χ3v) is 4.22. The van der Waals surface area contributed by atoms with Crippen molar-refractivity contribution in [2.45, 2.75) is 0 Å². The number of ether oxygens (including phenoxy) is 4. The average Bonchev–Trinajstić information content (AvgIpc) is 2.70. The smallest absolute Gasteiger partial charge is 0.203 e. The van der Waals surface area contributed by atoms with Gasteiger partial charge in [0.15, 0.2) is 11.5 Å². The monoisotopic (exact) mass is 350 g/mol. The summed E-state index contributed by atoms with van der Waals surface area (Å²) in [5.74, 6) is 2.69. The Bertz CT molecular complexity index is 919. The van der Waals surface area contributed by atoms with Gasteiger partial charge in [0, 0.05) is 5.39 Å². The molecule has 3 rings (SSSR count). The number of hydrogen-bond donors (Lipinski definition) is 0. The second-order valence-corrected chi connectivity index (χ2v) is 5.74. The summed E-state index contributed by atoms with van der Waals surface area (Å²) in [6.07, 6.45) is 4.05. The Kier molecular flexibility index (Phi) is 5.32. The van der Waals surface area contributed by atoms with E-state index in [0.29, 0.717) is 17.2 Å². The lowest BCUT2D eigenvalue weighted by Crippen LogP contribution is -1.95. The van der Waals surface area contributed by atoms with Crippen LogP contribution in [-0.4, -0.2) is 28.4 Å².